The van der Waals surface area contributed by atoms with Crippen LogP contribution in [0.5, 0.6) is 0 Å². The van der Waals surface area contributed by atoms with Gasteiger partial charge in [-0.3, -0.25) is 19.6 Å². The van der Waals surface area contributed by atoms with Gasteiger partial charge in [-0.25, -0.2) is 5.48 Å². The molecule has 0 aliphatic heterocycles. The van der Waals surface area contributed by atoms with E-state index < -0.39 is 35.9 Å². The van der Waals surface area contributed by atoms with E-state index in [1.54, 1.807) is 24.3 Å². The van der Waals surface area contributed by atoms with Crippen LogP contribution in [0.1, 0.15) is 43.6 Å². The van der Waals surface area contributed by atoms with E-state index in [1.165, 1.54) is 18.0 Å². The molecule has 0 saturated carbocycles. The molecule has 0 bridgehead atoms. The predicted molar refractivity (Wildman–Crippen MR) is 126 cm³/mol. The van der Waals surface area contributed by atoms with Crippen LogP contribution in [-0.2, 0) is 16.0 Å². The van der Waals surface area contributed by atoms with Gasteiger partial charge in [-0.05, 0) is 42.2 Å². The fourth-order valence-electron chi connectivity index (χ4n) is 3.04. The molecule has 0 spiro atoms. The molecule has 2 rings (SSSR count). The van der Waals surface area contributed by atoms with Crippen molar-refractivity contribution in [2.24, 2.45) is 0 Å². The average molecular weight is 454 g/mol. The number of amides is 3. The molecule has 3 amide bonds. The Labute approximate surface area is 194 Å². The van der Waals surface area contributed by atoms with Gasteiger partial charge < -0.3 is 15.7 Å². The Bertz CT molecular complexity index is 979. The van der Waals surface area contributed by atoms with Crippen molar-refractivity contribution in [2.45, 2.75) is 52.3 Å². The highest BCUT2D eigenvalue weighted by atomic mass is 16.5. The summed E-state index contributed by atoms with van der Waals surface area (Å²) in [5.41, 5.74) is 4.89. The lowest BCUT2D eigenvalue weighted by Crippen LogP contribution is -2.56. The Balaban J connectivity index is 0.00000544. The second-order valence-electron chi connectivity index (χ2n) is 7.27. The summed E-state index contributed by atoms with van der Waals surface area (Å²) in [6.45, 7) is 3.36. The smallest absolute Gasteiger partial charge is 0.268 e. The van der Waals surface area contributed by atoms with Crippen LogP contribution in [0.15, 0.2) is 48.5 Å². The van der Waals surface area contributed by atoms with E-state index in [9.17, 15) is 19.5 Å². The molecule has 0 aliphatic rings. The zero-order chi connectivity index (χ0) is 23.7. The number of hydrogen-bond acceptors (Lipinski definition) is 5. The van der Waals surface area contributed by atoms with Gasteiger partial charge in [0, 0.05) is 12.0 Å². The molecule has 0 heterocycles. The lowest BCUT2D eigenvalue weighted by molar-refractivity contribution is -0.137. The van der Waals surface area contributed by atoms with Crippen molar-refractivity contribution in [1.29, 1.82) is 0 Å². The first-order valence-corrected chi connectivity index (χ1v) is 10.2. The third-order valence-corrected chi connectivity index (χ3v) is 4.96. The molecule has 8 heteroatoms. The Hall–Kier alpha value is -3.67. The molecule has 0 aromatic heterocycles. The fourth-order valence-corrected chi connectivity index (χ4v) is 3.04. The van der Waals surface area contributed by atoms with Crippen molar-refractivity contribution in [1.82, 2.24) is 16.1 Å². The van der Waals surface area contributed by atoms with E-state index in [2.05, 4.69) is 35.6 Å². The number of terminal acetylenes is 1. The largest absolute Gasteiger partial charge is 0.391 e. The van der Waals surface area contributed by atoms with Crippen molar-refractivity contribution in [3.63, 3.8) is 0 Å². The summed E-state index contributed by atoms with van der Waals surface area (Å²) in [5, 5.41) is 23.3. The number of hydrogen-bond donors (Lipinski definition) is 5. The first-order valence-electron chi connectivity index (χ1n) is 10.2. The molecule has 0 saturated heterocycles. The highest BCUT2D eigenvalue weighted by molar-refractivity contribution is 5.98. The number of aliphatic hydroxyl groups excluding tert-OH is 1. The summed E-state index contributed by atoms with van der Waals surface area (Å²) >= 11 is 0. The molecule has 176 valence electrons. The highest BCUT2D eigenvalue weighted by Gasteiger charge is 2.29. The van der Waals surface area contributed by atoms with Crippen LogP contribution in [0, 0.1) is 12.3 Å². The van der Waals surface area contributed by atoms with Gasteiger partial charge in [0.15, 0.2) is 0 Å². The molecule has 33 heavy (non-hydrogen) atoms. The van der Waals surface area contributed by atoms with Crippen molar-refractivity contribution < 1.29 is 24.7 Å². The van der Waals surface area contributed by atoms with Crippen LogP contribution in [0.2, 0.25) is 0 Å². The topological polar surface area (TPSA) is 128 Å². The first-order chi connectivity index (χ1) is 15.3. The van der Waals surface area contributed by atoms with Crippen molar-refractivity contribution in [2.75, 3.05) is 0 Å². The van der Waals surface area contributed by atoms with Crippen molar-refractivity contribution >= 4 is 17.7 Å². The number of rotatable bonds is 9. The van der Waals surface area contributed by atoms with Crippen LogP contribution in [0.3, 0.4) is 0 Å². The molecule has 0 aliphatic carbocycles. The molecule has 0 fully saturated rings. The Kier molecular flexibility index (Phi) is 10.8. The van der Waals surface area contributed by atoms with Gasteiger partial charge in [-0.15, -0.1) is 12.3 Å². The number of aryl methyl sites for hydroxylation is 1. The fraction of sp³-hybridized carbons (Fsp3) is 0.320. The quantitative estimate of drug-likeness (QED) is 0.226. The lowest BCUT2D eigenvalue weighted by Gasteiger charge is -2.23. The second-order valence-corrected chi connectivity index (χ2v) is 7.27. The van der Waals surface area contributed by atoms with E-state index in [0.717, 1.165) is 17.5 Å². The molecule has 2 aromatic rings. The predicted octanol–water partition coefficient (Wildman–Crippen LogP) is 2.04. The minimum Gasteiger partial charge on any atom is -0.391 e. The van der Waals surface area contributed by atoms with Crippen molar-refractivity contribution in [3.05, 3.63) is 59.7 Å². The molecule has 3 atom stereocenters. The van der Waals surface area contributed by atoms with Gasteiger partial charge in [0.05, 0.1) is 6.10 Å². The molecule has 5 N–H and O–H groups in total. The third-order valence-electron chi connectivity index (χ3n) is 4.96. The zero-order valence-corrected chi connectivity index (χ0v) is 18.0. The van der Waals surface area contributed by atoms with Crippen molar-refractivity contribution in [3.8, 4) is 23.5 Å². The zero-order valence-electron chi connectivity index (χ0n) is 18.0. The van der Waals surface area contributed by atoms with Gasteiger partial charge in [0.25, 0.3) is 11.8 Å². The number of benzene rings is 2. The first kappa shape index (κ1) is 27.4. The number of carbonyl (C=O) groups is 3. The maximum absolute atomic E-state index is 12.6. The molecule has 0 unspecified atom stereocenters. The van der Waals surface area contributed by atoms with Gasteiger partial charge in [-0.2, -0.15) is 0 Å². The lowest BCUT2D eigenvalue weighted by atomic mass is 10.0. The Morgan fingerprint density at radius 2 is 1.52 bits per heavy atom. The molecule has 8 nitrogen and oxygen atoms in total. The van der Waals surface area contributed by atoms with Gasteiger partial charge in [-0.1, -0.05) is 50.7 Å². The van der Waals surface area contributed by atoms with E-state index in [-0.39, 0.29) is 13.8 Å². The maximum Gasteiger partial charge on any atom is 0.268 e. The summed E-state index contributed by atoms with van der Waals surface area (Å²) in [5.74, 6) is 0.0194. The summed E-state index contributed by atoms with van der Waals surface area (Å²) in [6, 6.07) is 12.5. The maximum atomic E-state index is 12.6. The van der Waals surface area contributed by atoms with Crippen LogP contribution < -0.4 is 16.1 Å². The van der Waals surface area contributed by atoms with Gasteiger partial charge >= 0.3 is 0 Å². The average Bonchev–Trinajstić information content (AvgIpc) is 2.81. The minimum atomic E-state index is -1.41. The van der Waals surface area contributed by atoms with E-state index in [4.69, 9.17) is 11.6 Å². The second kappa shape index (κ2) is 13.0. The molecular weight excluding hydrogens is 422 g/mol. The third kappa shape index (κ3) is 7.45. The minimum absolute atomic E-state index is 0. The van der Waals surface area contributed by atoms with Crippen LogP contribution >= 0.6 is 0 Å². The summed E-state index contributed by atoms with van der Waals surface area (Å²) < 4.78 is 0. The standard InChI is InChI=1S/C24H27N3O5.CH4/c1-4-6-20(23(30)26-21(15(3)28)24(31)27-32)25-22(29)19-13-11-18(12-14-19)17-9-7-16(5-2)8-10-17;/h1,7-15,20-21,28,32H,5-6H2,2-3H3,(H,25,29)(H,26,30)(H,27,31);1H4/t15-,20+,21+;/m1./s1. The SMILES string of the molecule is C.C#CC[C@H](NC(=O)c1ccc(-c2ccc(CC)cc2)cc1)C(=O)N[C@H](C(=O)NO)[C@@H](C)O. The Morgan fingerprint density at radius 1 is 0.970 bits per heavy atom. The Morgan fingerprint density at radius 3 is 1.97 bits per heavy atom. The summed E-state index contributed by atoms with van der Waals surface area (Å²) in [4.78, 5) is 36.8. The molecular formula is C25H31N3O5. The normalized spacial score (nSPS) is 12.8. The van der Waals surface area contributed by atoms with Gasteiger partial charge in [0.2, 0.25) is 5.91 Å². The van der Waals surface area contributed by atoms with E-state index in [0.29, 0.717) is 5.56 Å². The van der Waals surface area contributed by atoms with Gasteiger partial charge in [0.1, 0.15) is 12.1 Å². The van der Waals surface area contributed by atoms with Crippen LogP contribution in [0.4, 0.5) is 0 Å². The highest BCUT2D eigenvalue weighted by Crippen LogP contribution is 2.20. The van der Waals surface area contributed by atoms with E-state index in [1.807, 2.05) is 12.1 Å². The van der Waals surface area contributed by atoms with Crippen LogP contribution in [-0.4, -0.2) is 46.2 Å². The number of carbonyl (C=O) groups excluding carboxylic acids is 3. The van der Waals surface area contributed by atoms with Crippen LogP contribution in [0.25, 0.3) is 11.1 Å². The number of nitrogens with one attached hydrogen (secondary N) is 3. The van der Waals surface area contributed by atoms with E-state index >= 15 is 0 Å². The number of aliphatic hydroxyl groups is 1. The molecule has 0 radical (unpaired) electrons. The number of hydroxylamine groups is 1. The molecule has 2 aromatic carbocycles. The summed E-state index contributed by atoms with van der Waals surface area (Å²) in [7, 11) is 0. The monoisotopic (exact) mass is 453 g/mol. The summed E-state index contributed by atoms with van der Waals surface area (Å²) in [6.07, 6.45) is 4.85.